The highest BCUT2D eigenvalue weighted by Crippen LogP contribution is 2.24. The van der Waals surface area contributed by atoms with Crippen molar-refractivity contribution in [3.8, 4) is 11.5 Å². The van der Waals surface area contributed by atoms with E-state index in [4.69, 9.17) is 21.1 Å². The average Bonchev–Trinajstić information content (AvgIpc) is 2.62. The van der Waals surface area contributed by atoms with E-state index < -0.39 is 16.8 Å². The molecule has 0 saturated heterocycles. The van der Waals surface area contributed by atoms with Gasteiger partial charge in [0.15, 0.2) is 6.10 Å². The first-order chi connectivity index (χ1) is 12.4. The number of halogens is 1. The standard InChI is InChI=1S/C17H18ClN3O5/c1-12(26-15-4-3-9-19-16(15)21(23)24)17(22)20(2)10-11-25-14-7-5-13(18)6-8-14/h3-9,12H,10-11H2,1-2H3. The molecule has 138 valence electrons. The van der Waals surface area contributed by atoms with Crippen molar-refractivity contribution >= 4 is 23.3 Å². The number of carbonyl (C=O) groups is 1. The molecule has 0 aliphatic carbocycles. The number of nitrogens with zero attached hydrogens (tertiary/aromatic N) is 3. The predicted octanol–water partition coefficient (Wildman–Crippen LogP) is 2.95. The molecule has 2 aromatic rings. The van der Waals surface area contributed by atoms with Gasteiger partial charge in [0.05, 0.1) is 6.54 Å². The van der Waals surface area contributed by atoms with Crippen molar-refractivity contribution < 1.29 is 19.2 Å². The highest BCUT2D eigenvalue weighted by atomic mass is 35.5. The quantitative estimate of drug-likeness (QED) is 0.517. The van der Waals surface area contributed by atoms with Crippen LogP contribution in [0.2, 0.25) is 5.02 Å². The fourth-order valence-corrected chi connectivity index (χ4v) is 2.23. The lowest BCUT2D eigenvalue weighted by Gasteiger charge is -2.22. The van der Waals surface area contributed by atoms with Crippen LogP contribution in [-0.2, 0) is 4.79 Å². The highest BCUT2D eigenvalue weighted by molar-refractivity contribution is 6.30. The second kappa shape index (κ2) is 9.00. The Morgan fingerprint density at radius 1 is 1.35 bits per heavy atom. The van der Waals surface area contributed by atoms with E-state index >= 15 is 0 Å². The number of rotatable bonds is 8. The summed E-state index contributed by atoms with van der Waals surface area (Å²) in [5.74, 6) is -0.168. The molecule has 1 amide bonds. The Kier molecular flexibility index (Phi) is 6.74. The number of amides is 1. The van der Waals surface area contributed by atoms with E-state index in [1.54, 1.807) is 31.3 Å². The molecule has 0 bridgehead atoms. The number of nitro groups is 1. The maximum Gasteiger partial charge on any atom is 0.406 e. The SMILES string of the molecule is CC(Oc1cccnc1[N+](=O)[O-])C(=O)N(C)CCOc1ccc(Cl)cc1. The minimum absolute atomic E-state index is 0.0517. The molecule has 0 radical (unpaired) electrons. The van der Waals surface area contributed by atoms with E-state index in [0.29, 0.717) is 17.3 Å². The largest absolute Gasteiger partial charge is 0.492 e. The third-order valence-corrected chi connectivity index (χ3v) is 3.71. The molecule has 0 aliphatic rings. The zero-order valence-corrected chi connectivity index (χ0v) is 15.0. The Balaban J connectivity index is 1.87. The summed E-state index contributed by atoms with van der Waals surface area (Å²) in [7, 11) is 1.60. The maximum atomic E-state index is 12.4. The normalized spacial score (nSPS) is 11.5. The Labute approximate surface area is 155 Å². The molecule has 0 saturated carbocycles. The summed E-state index contributed by atoms with van der Waals surface area (Å²) >= 11 is 5.80. The molecule has 1 aromatic heterocycles. The number of likely N-dealkylation sites (N-methyl/N-ethyl adjacent to an activating group) is 1. The molecule has 1 atom stereocenters. The van der Waals surface area contributed by atoms with E-state index in [1.165, 1.54) is 30.2 Å². The van der Waals surface area contributed by atoms with E-state index in [1.807, 2.05) is 0 Å². The molecule has 9 heteroatoms. The zero-order chi connectivity index (χ0) is 19.1. The van der Waals surface area contributed by atoms with Crippen LogP contribution in [0.4, 0.5) is 5.82 Å². The molecule has 0 spiro atoms. The second-order valence-corrected chi connectivity index (χ2v) is 5.84. The number of carbonyl (C=O) groups excluding carboxylic acids is 1. The van der Waals surface area contributed by atoms with Crippen molar-refractivity contribution in [3.63, 3.8) is 0 Å². The van der Waals surface area contributed by atoms with Crippen molar-refractivity contribution in [2.45, 2.75) is 13.0 Å². The van der Waals surface area contributed by atoms with Crippen molar-refractivity contribution in [2.24, 2.45) is 0 Å². The lowest BCUT2D eigenvalue weighted by Crippen LogP contribution is -2.40. The Bertz CT molecular complexity index is 769. The van der Waals surface area contributed by atoms with Crippen molar-refractivity contribution in [1.82, 2.24) is 9.88 Å². The number of hydrogen-bond donors (Lipinski definition) is 0. The lowest BCUT2D eigenvalue weighted by molar-refractivity contribution is -0.390. The Hall–Kier alpha value is -2.87. The van der Waals surface area contributed by atoms with Crippen LogP contribution in [0.25, 0.3) is 0 Å². The van der Waals surface area contributed by atoms with E-state index in [0.717, 1.165) is 0 Å². The van der Waals surface area contributed by atoms with Gasteiger partial charge in [0.2, 0.25) is 5.75 Å². The van der Waals surface area contributed by atoms with Crippen LogP contribution in [0, 0.1) is 10.1 Å². The fourth-order valence-electron chi connectivity index (χ4n) is 2.10. The molecule has 0 aliphatic heterocycles. The number of benzene rings is 1. The molecule has 2 rings (SSSR count). The zero-order valence-electron chi connectivity index (χ0n) is 14.3. The van der Waals surface area contributed by atoms with Gasteiger partial charge in [0, 0.05) is 12.1 Å². The van der Waals surface area contributed by atoms with E-state index in [2.05, 4.69) is 4.98 Å². The summed E-state index contributed by atoms with van der Waals surface area (Å²) in [6.45, 7) is 2.13. The summed E-state index contributed by atoms with van der Waals surface area (Å²) in [5.41, 5.74) is 0. The van der Waals surface area contributed by atoms with Gasteiger partial charge in [-0.3, -0.25) is 4.79 Å². The third kappa shape index (κ3) is 5.32. The van der Waals surface area contributed by atoms with Crippen molar-refractivity contribution in [1.29, 1.82) is 0 Å². The molecule has 1 unspecified atom stereocenters. The minimum Gasteiger partial charge on any atom is -0.492 e. The predicted molar refractivity (Wildman–Crippen MR) is 95.6 cm³/mol. The van der Waals surface area contributed by atoms with Gasteiger partial charge >= 0.3 is 5.82 Å². The Morgan fingerprint density at radius 2 is 2.04 bits per heavy atom. The molecular formula is C17H18ClN3O5. The fraction of sp³-hybridized carbons (Fsp3) is 0.294. The van der Waals surface area contributed by atoms with Crippen LogP contribution in [0.15, 0.2) is 42.6 Å². The van der Waals surface area contributed by atoms with Gasteiger partial charge < -0.3 is 24.5 Å². The molecule has 0 N–H and O–H groups in total. The number of hydrogen-bond acceptors (Lipinski definition) is 6. The van der Waals surface area contributed by atoms with Crippen LogP contribution in [-0.4, -0.2) is 47.0 Å². The summed E-state index contributed by atoms with van der Waals surface area (Å²) in [6, 6.07) is 9.79. The van der Waals surface area contributed by atoms with E-state index in [9.17, 15) is 14.9 Å². The molecule has 0 fully saturated rings. The van der Waals surface area contributed by atoms with Gasteiger partial charge in [-0.2, -0.15) is 0 Å². The first kappa shape index (κ1) is 19.5. The van der Waals surface area contributed by atoms with Crippen molar-refractivity contribution in [3.05, 3.63) is 57.7 Å². The smallest absolute Gasteiger partial charge is 0.406 e. The van der Waals surface area contributed by atoms with Gasteiger partial charge in [-0.25, -0.2) is 0 Å². The molecule has 1 aromatic carbocycles. The molecule has 26 heavy (non-hydrogen) atoms. The average molecular weight is 380 g/mol. The van der Waals surface area contributed by atoms with Gasteiger partial charge in [-0.15, -0.1) is 0 Å². The van der Waals surface area contributed by atoms with Crippen molar-refractivity contribution in [2.75, 3.05) is 20.2 Å². The Morgan fingerprint density at radius 3 is 2.69 bits per heavy atom. The first-order valence-electron chi connectivity index (χ1n) is 7.78. The first-order valence-corrected chi connectivity index (χ1v) is 8.15. The van der Waals surface area contributed by atoms with Gasteiger partial charge in [0.1, 0.15) is 18.6 Å². The van der Waals surface area contributed by atoms with Crippen LogP contribution < -0.4 is 9.47 Å². The summed E-state index contributed by atoms with van der Waals surface area (Å²) in [4.78, 5) is 27.7. The second-order valence-electron chi connectivity index (χ2n) is 5.40. The summed E-state index contributed by atoms with van der Waals surface area (Å²) in [6.07, 6.45) is 0.385. The van der Waals surface area contributed by atoms with Gasteiger partial charge in [0.25, 0.3) is 5.91 Å². The monoisotopic (exact) mass is 379 g/mol. The number of ether oxygens (including phenoxy) is 2. The van der Waals surface area contributed by atoms with Crippen LogP contribution in [0.5, 0.6) is 11.5 Å². The lowest BCUT2D eigenvalue weighted by atomic mass is 10.3. The third-order valence-electron chi connectivity index (χ3n) is 3.46. The topological polar surface area (TPSA) is 94.8 Å². The number of aromatic nitrogens is 1. The van der Waals surface area contributed by atoms with Crippen LogP contribution in [0.3, 0.4) is 0 Å². The minimum atomic E-state index is -0.904. The van der Waals surface area contributed by atoms with Gasteiger partial charge in [-0.05, 0) is 53.2 Å². The molecular weight excluding hydrogens is 362 g/mol. The maximum absolute atomic E-state index is 12.4. The van der Waals surface area contributed by atoms with Crippen LogP contribution in [0.1, 0.15) is 6.92 Å². The molecule has 1 heterocycles. The summed E-state index contributed by atoms with van der Waals surface area (Å²) < 4.78 is 11.0. The van der Waals surface area contributed by atoms with Crippen LogP contribution >= 0.6 is 11.6 Å². The van der Waals surface area contributed by atoms with E-state index in [-0.39, 0.29) is 18.3 Å². The summed E-state index contributed by atoms with van der Waals surface area (Å²) in [5, 5.41) is 11.6. The highest BCUT2D eigenvalue weighted by Gasteiger charge is 2.23. The molecule has 8 nitrogen and oxygen atoms in total. The number of pyridine rings is 1. The van der Waals surface area contributed by atoms with Gasteiger partial charge in [-0.1, -0.05) is 11.6 Å².